The van der Waals surface area contributed by atoms with Gasteiger partial charge in [-0.2, -0.15) is 4.98 Å². The number of fused-ring (bicyclic) bond motifs is 1. The van der Waals surface area contributed by atoms with Crippen molar-refractivity contribution in [2.24, 2.45) is 0 Å². The lowest BCUT2D eigenvalue weighted by Crippen LogP contribution is -2.15. The summed E-state index contributed by atoms with van der Waals surface area (Å²) >= 11 is 0. The molecule has 6 heteroatoms. The van der Waals surface area contributed by atoms with E-state index in [4.69, 9.17) is 9.47 Å². The summed E-state index contributed by atoms with van der Waals surface area (Å²) in [5.74, 6) is 2.77. The van der Waals surface area contributed by atoms with E-state index in [2.05, 4.69) is 39.7 Å². The van der Waals surface area contributed by atoms with E-state index in [0.29, 0.717) is 19.2 Å². The van der Waals surface area contributed by atoms with Crippen LogP contribution >= 0.6 is 0 Å². The number of anilines is 3. The molecule has 1 aromatic heterocycles. The van der Waals surface area contributed by atoms with Gasteiger partial charge in [0.05, 0.1) is 0 Å². The van der Waals surface area contributed by atoms with Gasteiger partial charge < -0.3 is 20.1 Å². The Labute approximate surface area is 152 Å². The van der Waals surface area contributed by atoms with Crippen LogP contribution in [0.3, 0.4) is 0 Å². The van der Waals surface area contributed by atoms with E-state index in [0.717, 1.165) is 23.0 Å². The molecule has 0 spiro atoms. The Balaban J connectivity index is 1.47. The van der Waals surface area contributed by atoms with Gasteiger partial charge in [0, 0.05) is 24.0 Å². The smallest absolute Gasteiger partial charge is 0.229 e. The fourth-order valence-electron chi connectivity index (χ4n) is 2.80. The summed E-state index contributed by atoms with van der Waals surface area (Å²) in [6.07, 6.45) is 1.73. The molecule has 0 radical (unpaired) electrons. The SMILES string of the molecule is CC(Nc1ccnc(Nc2ccc3c(c2)OCCO3)n1)c1ccccc1. The van der Waals surface area contributed by atoms with Crippen molar-refractivity contribution in [1.29, 1.82) is 0 Å². The predicted octanol–water partition coefficient (Wildman–Crippen LogP) is 4.16. The van der Waals surface area contributed by atoms with Crippen molar-refractivity contribution >= 4 is 17.5 Å². The highest BCUT2D eigenvalue weighted by molar-refractivity contribution is 5.60. The Morgan fingerprint density at radius 3 is 2.62 bits per heavy atom. The molecule has 3 aromatic rings. The van der Waals surface area contributed by atoms with Gasteiger partial charge in [0.2, 0.25) is 5.95 Å². The van der Waals surface area contributed by atoms with Crippen molar-refractivity contribution in [3.05, 3.63) is 66.4 Å². The molecule has 0 fully saturated rings. The summed E-state index contributed by atoms with van der Waals surface area (Å²) < 4.78 is 11.1. The Hall–Kier alpha value is -3.28. The van der Waals surface area contributed by atoms with E-state index < -0.39 is 0 Å². The largest absolute Gasteiger partial charge is 0.486 e. The third kappa shape index (κ3) is 3.69. The van der Waals surface area contributed by atoms with E-state index in [9.17, 15) is 0 Å². The molecule has 26 heavy (non-hydrogen) atoms. The first-order valence-corrected chi connectivity index (χ1v) is 8.59. The molecule has 1 aliphatic heterocycles. The van der Waals surface area contributed by atoms with Crippen molar-refractivity contribution in [2.75, 3.05) is 23.8 Å². The maximum atomic E-state index is 5.61. The second kappa shape index (κ2) is 7.31. The van der Waals surface area contributed by atoms with Crippen molar-refractivity contribution in [3.8, 4) is 11.5 Å². The van der Waals surface area contributed by atoms with Crippen LogP contribution in [0.15, 0.2) is 60.8 Å². The summed E-state index contributed by atoms with van der Waals surface area (Å²) in [6, 6.07) is 18.0. The van der Waals surface area contributed by atoms with Crippen LogP contribution in [-0.2, 0) is 0 Å². The number of nitrogens with one attached hydrogen (secondary N) is 2. The van der Waals surface area contributed by atoms with Gasteiger partial charge in [0.1, 0.15) is 19.0 Å². The first-order chi connectivity index (χ1) is 12.8. The molecule has 1 atom stereocenters. The first kappa shape index (κ1) is 16.2. The van der Waals surface area contributed by atoms with Crippen molar-refractivity contribution < 1.29 is 9.47 Å². The minimum atomic E-state index is 0.147. The average Bonchev–Trinajstić information content (AvgIpc) is 2.69. The minimum Gasteiger partial charge on any atom is -0.486 e. The van der Waals surface area contributed by atoms with Gasteiger partial charge in [-0.1, -0.05) is 30.3 Å². The summed E-state index contributed by atoms with van der Waals surface area (Å²) in [5.41, 5.74) is 2.05. The van der Waals surface area contributed by atoms with E-state index in [1.807, 2.05) is 42.5 Å². The molecule has 4 rings (SSSR count). The van der Waals surface area contributed by atoms with Crippen LogP contribution in [-0.4, -0.2) is 23.2 Å². The van der Waals surface area contributed by atoms with Crippen LogP contribution < -0.4 is 20.1 Å². The van der Waals surface area contributed by atoms with Crippen LogP contribution in [0.1, 0.15) is 18.5 Å². The number of nitrogens with zero attached hydrogens (tertiary/aromatic N) is 2. The highest BCUT2D eigenvalue weighted by atomic mass is 16.6. The number of ether oxygens (including phenoxy) is 2. The summed E-state index contributed by atoms with van der Waals surface area (Å²) in [6.45, 7) is 3.24. The van der Waals surface area contributed by atoms with E-state index >= 15 is 0 Å². The number of hydrogen-bond acceptors (Lipinski definition) is 6. The van der Waals surface area contributed by atoms with Crippen molar-refractivity contribution in [2.45, 2.75) is 13.0 Å². The van der Waals surface area contributed by atoms with Gasteiger partial charge in [0.15, 0.2) is 11.5 Å². The summed E-state index contributed by atoms with van der Waals surface area (Å²) in [7, 11) is 0. The second-order valence-corrected chi connectivity index (χ2v) is 6.03. The van der Waals surface area contributed by atoms with Crippen LogP contribution in [0.2, 0.25) is 0 Å². The number of hydrogen-bond donors (Lipinski definition) is 2. The Kier molecular flexibility index (Phi) is 4.55. The highest BCUT2D eigenvalue weighted by Crippen LogP contribution is 2.33. The lowest BCUT2D eigenvalue weighted by atomic mass is 10.1. The number of rotatable bonds is 5. The average molecular weight is 348 g/mol. The third-order valence-electron chi connectivity index (χ3n) is 4.12. The second-order valence-electron chi connectivity index (χ2n) is 6.03. The molecular formula is C20H20N4O2. The summed E-state index contributed by atoms with van der Waals surface area (Å²) in [5, 5.41) is 6.61. The molecule has 2 heterocycles. The highest BCUT2D eigenvalue weighted by Gasteiger charge is 2.12. The normalized spacial score (nSPS) is 13.7. The molecule has 2 N–H and O–H groups in total. The van der Waals surface area contributed by atoms with Gasteiger partial charge in [-0.15, -0.1) is 0 Å². The topological polar surface area (TPSA) is 68.3 Å². The first-order valence-electron chi connectivity index (χ1n) is 8.59. The number of benzene rings is 2. The molecule has 0 bridgehead atoms. The molecule has 0 saturated carbocycles. The maximum Gasteiger partial charge on any atom is 0.229 e. The van der Waals surface area contributed by atoms with Crippen molar-refractivity contribution in [3.63, 3.8) is 0 Å². The lowest BCUT2D eigenvalue weighted by molar-refractivity contribution is 0.171. The third-order valence-corrected chi connectivity index (χ3v) is 4.12. The van der Waals surface area contributed by atoms with Crippen molar-refractivity contribution in [1.82, 2.24) is 9.97 Å². The van der Waals surface area contributed by atoms with Gasteiger partial charge in [-0.3, -0.25) is 0 Å². The van der Waals surface area contributed by atoms with Gasteiger partial charge in [-0.25, -0.2) is 4.98 Å². The van der Waals surface area contributed by atoms with Crippen LogP contribution in [0.25, 0.3) is 0 Å². The zero-order chi connectivity index (χ0) is 17.8. The Morgan fingerprint density at radius 1 is 0.962 bits per heavy atom. The fourth-order valence-corrected chi connectivity index (χ4v) is 2.80. The molecule has 0 amide bonds. The molecule has 6 nitrogen and oxygen atoms in total. The van der Waals surface area contributed by atoms with E-state index in [1.54, 1.807) is 6.20 Å². The molecule has 1 unspecified atom stereocenters. The minimum absolute atomic E-state index is 0.147. The standard InChI is InChI=1S/C20H20N4O2/c1-14(15-5-3-2-4-6-15)22-19-9-10-21-20(24-19)23-16-7-8-17-18(13-16)26-12-11-25-17/h2-10,13-14H,11-12H2,1H3,(H2,21,22,23,24). The molecular weight excluding hydrogens is 328 g/mol. The zero-order valence-electron chi connectivity index (χ0n) is 14.5. The van der Waals surface area contributed by atoms with Gasteiger partial charge in [-0.05, 0) is 30.7 Å². The Morgan fingerprint density at radius 2 is 1.77 bits per heavy atom. The monoisotopic (exact) mass is 348 g/mol. The summed E-state index contributed by atoms with van der Waals surface area (Å²) in [4.78, 5) is 8.83. The molecule has 132 valence electrons. The van der Waals surface area contributed by atoms with E-state index in [1.165, 1.54) is 5.56 Å². The maximum absolute atomic E-state index is 5.61. The Bertz CT molecular complexity index is 886. The molecule has 0 aliphatic carbocycles. The number of aromatic nitrogens is 2. The quantitative estimate of drug-likeness (QED) is 0.721. The van der Waals surface area contributed by atoms with Crippen LogP contribution in [0.5, 0.6) is 11.5 Å². The lowest BCUT2D eigenvalue weighted by Gasteiger charge is -2.19. The van der Waals surface area contributed by atoms with Crippen LogP contribution in [0, 0.1) is 0 Å². The van der Waals surface area contributed by atoms with Gasteiger partial charge in [0.25, 0.3) is 0 Å². The molecule has 0 saturated heterocycles. The molecule has 1 aliphatic rings. The fraction of sp³-hybridized carbons (Fsp3) is 0.200. The zero-order valence-corrected chi connectivity index (χ0v) is 14.5. The van der Waals surface area contributed by atoms with E-state index in [-0.39, 0.29) is 6.04 Å². The van der Waals surface area contributed by atoms with Gasteiger partial charge >= 0.3 is 0 Å². The predicted molar refractivity (Wildman–Crippen MR) is 101 cm³/mol. The molecule has 2 aromatic carbocycles. The van der Waals surface area contributed by atoms with Crippen LogP contribution in [0.4, 0.5) is 17.5 Å².